The van der Waals surface area contributed by atoms with Crippen LogP contribution in [0.15, 0.2) is 30.5 Å². The zero-order valence-corrected chi connectivity index (χ0v) is 16.2. The number of nitrogens with zero attached hydrogens (tertiary/aromatic N) is 3. The van der Waals surface area contributed by atoms with Crippen LogP contribution in [0.4, 0.5) is 4.79 Å². The van der Waals surface area contributed by atoms with E-state index in [1.54, 1.807) is 14.1 Å². The molecule has 1 fully saturated rings. The summed E-state index contributed by atoms with van der Waals surface area (Å²) in [6, 6.07) is 7.69. The summed E-state index contributed by atoms with van der Waals surface area (Å²) in [7, 11) is 5.44. The molecule has 0 radical (unpaired) electrons. The lowest BCUT2D eigenvalue weighted by atomic mass is 9.91. The fourth-order valence-corrected chi connectivity index (χ4v) is 3.77. The highest BCUT2D eigenvalue weighted by atomic mass is 16.2. The lowest BCUT2D eigenvalue weighted by molar-refractivity contribution is 0.0784. The Morgan fingerprint density at radius 2 is 1.92 bits per heavy atom. The summed E-state index contributed by atoms with van der Waals surface area (Å²) < 4.78 is 2.02. The first-order valence-corrected chi connectivity index (χ1v) is 9.10. The zero-order valence-electron chi connectivity index (χ0n) is 16.2. The van der Waals surface area contributed by atoms with Crippen LogP contribution in [0, 0.1) is 11.8 Å². The minimum Gasteiger partial charge on any atom is -0.351 e. The van der Waals surface area contributed by atoms with Gasteiger partial charge in [0, 0.05) is 62.8 Å². The quantitative estimate of drug-likeness (QED) is 0.919. The number of carbonyl (C=O) groups excluding carboxylic acids is 2. The average molecular weight is 356 g/mol. The first kappa shape index (κ1) is 18.3. The van der Waals surface area contributed by atoms with Crippen LogP contribution >= 0.6 is 0 Å². The van der Waals surface area contributed by atoms with Crippen molar-refractivity contribution in [3.63, 3.8) is 0 Å². The second-order valence-corrected chi connectivity index (χ2v) is 7.73. The number of aromatic nitrogens is 1. The van der Waals surface area contributed by atoms with Crippen LogP contribution in [0.1, 0.15) is 24.2 Å². The predicted octanol–water partition coefficient (Wildman–Crippen LogP) is 2.55. The maximum Gasteiger partial charge on any atom is 0.317 e. The van der Waals surface area contributed by atoms with Crippen LogP contribution < -0.4 is 5.32 Å². The molecule has 2 atom stereocenters. The minimum atomic E-state index is -0.111. The van der Waals surface area contributed by atoms with Crippen LogP contribution in [0.5, 0.6) is 0 Å². The molecule has 140 valence electrons. The lowest BCUT2D eigenvalue weighted by Crippen LogP contribution is -2.46. The molecule has 1 aliphatic rings. The van der Waals surface area contributed by atoms with Gasteiger partial charge in [0.25, 0.3) is 5.91 Å². The summed E-state index contributed by atoms with van der Waals surface area (Å²) in [5.74, 6) is 0.666. The molecular weight excluding hydrogens is 328 g/mol. The topological polar surface area (TPSA) is 57.6 Å². The van der Waals surface area contributed by atoms with E-state index in [1.807, 2.05) is 47.0 Å². The van der Waals surface area contributed by atoms with Gasteiger partial charge in [-0.25, -0.2) is 4.79 Å². The Labute approximate surface area is 154 Å². The largest absolute Gasteiger partial charge is 0.351 e. The SMILES string of the molecule is CC(C)C1CN(C(=O)c2cccc3c2ccn3C)CC1NC(=O)N(C)C. The van der Waals surface area contributed by atoms with Crippen molar-refractivity contribution in [2.75, 3.05) is 27.2 Å². The highest BCUT2D eigenvalue weighted by Crippen LogP contribution is 2.28. The van der Waals surface area contributed by atoms with E-state index < -0.39 is 0 Å². The molecule has 6 heteroatoms. The van der Waals surface area contributed by atoms with Crippen molar-refractivity contribution < 1.29 is 9.59 Å². The van der Waals surface area contributed by atoms with Crippen LogP contribution in [-0.4, -0.2) is 59.5 Å². The molecule has 1 aliphatic heterocycles. The van der Waals surface area contributed by atoms with Crippen LogP contribution in [0.3, 0.4) is 0 Å². The second-order valence-electron chi connectivity index (χ2n) is 7.73. The molecule has 1 N–H and O–H groups in total. The summed E-state index contributed by atoms with van der Waals surface area (Å²) in [4.78, 5) is 28.7. The summed E-state index contributed by atoms with van der Waals surface area (Å²) in [6.07, 6.45) is 1.97. The molecule has 3 amide bonds. The average Bonchev–Trinajstić information content (AvgIpc) is 3.18. The van der Waals surface area contributed by atoms with Gasteiger partial charge in [-0.3, -0.25) is 4.79 Å². The maximum atomic E-state index is 13.2. The molecule has 6 nitrogen and oxygen atoms in total. The Hall–Kier alpha value is -2.50. The highest BCUT2D eigenvalue weighted by molar-refractivity contribution is 6.06. The third-order valence-corrected chi connectivity index (χ3v) is 5.38. The number of likely N-dealkylation sites (tertiary alicyclic amines) is 1. The van der Waals surface area contributed by atoms with Gasteiger partial charge in [0.1, 0.15) is 0 Å². The van der Waals surface area contributed by atoms with Crippen molar-refractivity contribution in [1.29, 1.82) is 0 Å². The fraction of sp³-hybridized carbons (Fsp3) is 0.500. The van der Waals surface area contributed by atoms with Crippen molar-refractivity contribution in [2.24, 2.45) is 18.9 Å². The molecule has 2 aromatic rings. The smallest absolute Gasteiger partial charge is 0.317 e. The number of hydrogen-bond donors (Lipinski definition) is 1. The van der Waals surface area contributed by atoms with Gasteiger partial charge in [0.15, 0.2) is 0 Å². The minimum absolute atomic E-state index is 0.0242. The molecule has 2 heterocycles. The molecule has 1 aromatic carbocycles. The number of rotatable bonds is 3. The third-order valence-electron chi connectivity index (χ3n) is 5.38. The number of hydrogen-bond acceptors (Lipinski definition) is 2. The number of amides is 3. The van der Waals surface area contributed by atoms with Gasteiger partial charge in [-0.2, -0.15) is 0 Å². The number of benzene rings is 1. The Morgan fingerprint density at radius 3 is 2.58 bits per heavy atom. The number of urea groups is 1. The van der Waals surface area contributed by atoms with E-state index >= 15 is 0 Å². The van der Waals surface area contributed by atoms with E-state index in [0.29, 0.717) is 19.0 Å². The maximum absolute atomic E-state index is 13.2. The Balaban J connectivity index is 1.84. The molecule has 0 bridgehead atoms. The van der Waals surface area contributed by atoms with Gasteiger partial charge in [-0.1, -0.05) is 19.9 Å². The van der Waals surface area contributed by atoms with Crippen molar-refractivity contribution >= 4 is 22.8 Å². The van der Waals surface area contributed by atoms with Gasteiger partial charge >= 0.3 is 6.03 Å². The molecule has 0 aliphatic carbocycles. The highest BCUT2D eigenvalue weighted by Gasteiger charge is 2.38. The standard InChI is InChI=1S/C20H28N4O2/c1-13(2)16-11-24(12-17(16)21-20(26)22(3)4)19(25)15-7-6-8-18-14(15)9-10-23(18)5/h6-10,13,16-17H,11-12H2,1-5H3,(H,21,26). The summed E-state index contributed by atoms with van der Waals surface area (Å²) in [5.41, 5.74) is 1.78. The van der Waals surface area contributed by atoms with Crippen molar-refractivity contribution in [3.05, 3.63) is 36.0 Å². The summed E-state index contributed by atoms with van der Waals surface area (Å²) in [5, 5.41) is 4.05. The molecule has 1 saturated heterocycles. The normalized spacial score (nSPS) is 20.0. The molecule has 2 unspecified atom stereocenters. The monoisotopic (exact) mass is 356 g/mol. The van der Waals surface area contributed by atoms with Gasteiger partial charge in [-0.15, -0.1) is 0 Å². The molecule has 1 aromatic heterocycles. The van der Waals surface area contributed by atoms with E-state index in [0.717, 1.165) is 16.5 Å². The van der Waals surface area contributed by atoms with Crippen LogP contribution in [0.25, 0.3) is 10.9 Å². The van der Waals surface area contributed by atoms with Crippen LogP contribution in [-0.2, 0) is 7.05 Å². The Kier molecular flexibility index (Phi) is 4.94. The molecule has 26 heavy (non-hydrogen) atoms. The first-order valence-electron chi connectivity index (χ1n) is 9.10. The fourth-order valence-electron chi connectivity index (χ4n) is 3.77. The third kappa shape index (κ3) is 3.28. The second kappa shape index (κ2) is 7.02. The Morgan fingerprint density at radius 1 is 1.19 bits per heavy atom. The van der Waals surface area contributed by atoms with E-state index in [1.165, 1.54) is 4.90 Å². The zero-order chi connectivity index (χ0) is 19.0. The van der Waals surface area contributed by atoms with Gasteiger partial charge in [0.2, 0.25) is 0 Å². The lowest BCUT2D eigenvalue weighted by Gasteiger charge is -2.24. The van der Waals surface area contributed by atoms with E-state index in [-0.39, 0.29) is 23.9 Å². The molecule has 3 rings (SSSR count). The molecule has 0 spiro atoms. The summed E-state index contributed by atoms with van der Waals surface area (Å²) >= 11 is 0. The van der Waals surface area contributed by atoms with E-state index in [9.17, 15) is 9.59 Å². The van der Waals surface area contributed by atoms with Gasteiger partial charge < -0.3 is 19.7 Å². The van der Waals surface area contributed by atoms with Crippen molar-refractivity contribution in [2.45, 2.75) is 19.9 Å². The number of nitrogens with one attached hydrogen (secondary N) is 1. The molecule has 0 saturated carbocycles. The van der Waals surface area contributed by atoms with Gasteiger partial charge in [0.05, 0.1) is 6.04 Å². The Bertz CT molecular complexity index is 824. The van der Waals surface area contributed by atoms with Crippen molar-refractivity contribution in [3.8, 4) is 0 Å². The number of aryl methyl sites for hydroxylation is 1. The number of fused-ring (bicyclic) bond motifs is 1. The first-order chi connectivity index (χ1) is 12.3. The van der Waals surface area contributed by atoms with Crippen LogP contribution in [0.2, 0.25) is 0 Å². The van der Waals surface area contributed by atoms with Gasteiger partial charge in [-0.05, 0) is 24.1 Å². The van der Waals surface area contributed by atoms with E-state index in [4.69, 9.17) is 0 Å². The van der Waals surface area contributed by atoms with E-state index in [2.05, 4.69) is 19.2 Å². The molecular formula is C20H28N4O2. The summed E-state index contributed by atoms with van der Waals surface area (Å²) in [6.45, 7) is 5.50. The number of carbonyl (C=O) groups is 2. The predicted molar refractivity (Wildman–Crippen MR) is 103 cm³/mol. The van der Waals surface area contributed by atoms with Crippen molar-refractivity contribution in [1.82, 2.24) is 19.7 Å².